The first-order chi connectivity index (χ1) is 11.4. The second kappa shape index (κ2) is 6.72. The summed E-state index contributed by atoms with van der Waals surface area (Å²) in [7, 11) is -1.08. The van der Waals surface area contributed by atoms with Crippen molar-refractivity contribution in [3.8, 4) is 0 Å². The minimum Gasteiger partial charge on any atom is -0.366 e. The van der Waals surface area contributed by atoms with E-state index in [2.05, 4.69) is 20.3 Å². The summed E-state index contributed by atoms with van der Waals surface area (Å²) in [5.74, 6) is 1.67. The normalized spacial score (nSPS) is 19.2. The molecule has 2 aromatic heterocycles. The highest BCUT2D eigenvalue weighted by Gasteiger charge is 2.31. The van der Waals surface area contributed by atoms with E-state index in [0.29, 0.717) is 24.7 Å². The van der Waals surface area contributed by atoms with Crippen LogP contribution in [0.1, 0.15) is 17.7 Å². The van der Waals surface area contributed by atoms with Gasteiger partial charge in [-0.25, -0.2) is 13.4 Å². The molecule has 8 heteroatoms. The molecule has 2 aromatic rings. The third-order valence-electron chi connectivity index (χ3n) is 4.11. The molecule has 1 aliphatic rings. The molecule has 0 radical (unpaired) electrons. The van der Waals surface area contributed by atoms with E-state index in [9.17, 15) is 8.42 Å². The van der Waals surface area contributed by atoms with Gasteiger partial charge in [-0.2, -0.15) is 4.98 Å². The van der Waals surface area contributed by atoms with E-state index >= 15 is 0 Å². The van der Waals surface area contributed by atoms with Crippen molar-refractivity contribution in [3.63, 3.8) is 0 Å². The summed E-state index contributed by atoms with van der Waals surface area (Å²) in [6.07, 6.45) is 4.16. The van der Waals surface area contributed by atoms with Crippen molar-refractivity contribution in [2.24, 2.45) is 0 Å². The summed E-state index contributed by atoms with van der Waals surface area (Å²) >= 11 is 0. The van der Waals surface area contributed by atoms with Crippen LogP contribution in [0.4, 0.5) is 11.8 Å². The first-order valence-corrected chi connectivity index (χ1v) is 9.67. The fraction of sp³-hybridized carbons (Fsp3) is 0.438. The molecule has 0 amide bonds. The van der Waals surface area contributed by atoms with Gasteiger partial charge in [-0.3, -0.25) is 4.98 Å². The van der Waals surface area contributed by atoms with E-state index in [0.717, 1.165) is 11.3 Å². The zero-order valence-corrected chi connectivity index (χ0v) is 14.6. The minimum atomic E-state index is -2.93. The Morgan fingerprint density at radius 3 is 2.88 bits per heavy atom. The van der Waals surface area contributed by atoms with Crippen LogP contribution in [0, 0.1) is 6.92 Å². The van der Waals surface area contributed by atoms with E-state index in [4.69, 9.17) is 0 Å². The Balaban J connectivity index is 1.74. The molecular formula is C16H21N5O2S. The third-order valence-corrected chi connectivity index (χ3v) is 5.86. The molecule has 1 saturated heterocycles. The molecule has 128 valence electrons. The van der Waals surface area contributed by atoms with E-state index < -0.39 is 9.84 Å². The van der Waals surface area contributed by atoms with Crippen molar-refractivity contribution in [2.45, 2.75) is 25.9 Å². The van der Waals surface area contributed by atoms with Crippen LogP contribution >= 0.6 is 0 Å². The maximum absolute atomic E-state index is 11.7. The zero-order valence-electron chi connectivity index (χ0n) is 13.8. The molecule has 0 aliphatic carbocycles. The van der Waals surface area contributed by atoms with Gasteiger partial charge in [-0.1, -0.05) is 6.07 Å². The fourth-order valence-electron chi connectivity index (χ4n) is 2.74. The third kappa shape index (κ3) is 4.00. The van der Waals surface area contributed by atoms with Crippen LogP contribution in [0.3, 0.4) is 0 Å². The monoisotopic (exact) mass is 347 g/mol. The number of aromatic nitrogens is 3. The summed E-state index contributed by atoms with van der Waals surface area (Å²) in [6.45, 7) is 2.52. The Bertz CT molecular complexity index is 810. The van der Waals surface area contributed by atoms with Crippen molar-refractivity contribution < 1.29 is 8.42 Å². The van der Waals surface area contributed by atoms with Crippen molar-refractivity contribution in [1.82, 2.24) is 15.0 Å². The Kier molecular flexibility index (Phi) is 4.66. The smallest absolute Gasteiger partial charge is 0.227 e. The molecule has 1 unspecified atom stereocenters. The summed E-state index contributed by atoms with van der Waals surface area (Å²) in [4.78, 5) is 14.9. The first kappa shape index (κ1) is 16.6. The van der Waals surface area contributed by atoms with Crippen molar-refractivity contribution in [2.75, 3.05) is 28.8 Å². The van der Waals surface area contributed by atoms with Gasteiger partial charge in [0.05, 0.1) is 11.5 Å². The highest BCUT2D eigenvalue weighted by molar-refractivity contribution is 7.91. The molecular weight excluding hydrogens is 326 g/mol. The molecule has 3 rings (SSSR count). The van der Waals surface area contributed by atoms with Crippen LogP contribution in [0.15, 0.2) is 30.6 Å². The maximum atomic E-state index is 11.7. The molecule has 0 spiro atoms. The van der Waals surface area contributed by atoms with Gasteiger partial charge in [0, 0.05) is 43.8 Å². The van der Waals surface area contributed by atoms with Crippen LogP contribution in [0.5, 0.6) is 0 Å². The Labute approximate surface area is 142 Å². The Morgan fingerprint density at radius 2 is 2.21 bits per heavy atom. The lowest BCUT2D eigenvalue weighted by Crippen LogP contribution is -2.34. The van der Waals surface area contributed by atoms with Crippen LogP contribution in [-0.4, -0.2) is 48.0 Å². The highest BCUT2D eigenvalue weighted by Crippen LogP contribution is 2.22. The predicted molar refractivity (Wildman–Crippen MR) is 93.8 cm³/mol. The largest absolute Gasteiger partial charge is 0.366 e. The minimum absolute atomic E-state index is 0.0667. The number of hydrogen-bond acceptors (Lipinski definition) is 7. The van der Waals surface area contributed by atoms with Gasteiger partial charge in [-0.05, 0) is 25.0 Å². The van der Waals surface area contributed by atoms with Gasteiger partial charge in [0.2, 0.25) is 5.95 Å². The van der Waals surface area contributed by atoms with E-state index in [1.54, 1.807) is 12.4 Å². The van der Waals surface area contributed by atoms with E-state index in [1.165, 1.54) is 0 Å². The molecule has 1 aliphatic heterocycles. The molecule has 7 nitrogen and oxygen atoms in total. The number of sulfone groups is 1. The van der Waals surface area contributed by atoms with Crippen molar-refractivity contribution in [1.29, 1.82) is 0 Å². The summed E-state index contributed by atoms with van der Waals surface area (Å²) < 4.78 is 23.4. The van der Waals surface area contributed by atoms with Crippen molar-refractivity contribution >= 4 is 21.6 Å². The van der Waals surface area contributed by atoms with Crippen LogP contribution in [-0.2, 0) is 16.4 Å². The second-order valence-corrected chi connectivity index (χ2v) is 8.31. The van der Waals surface area contributed by atoms with Crippen LogP contribution < -0.4 is 10.2 Å². The molecule has 1 N–H and O–H groups in total. The van der Waals surface area contributed by atoms with Gasteiger partial charge in [0.1, 0.15) is 5.82 Å². The Hall–Kier alpha value is -2.22. The average Bonchev–Trinajstić information content (AvgIpc) is 2.93. The predicted octanol–water partition coefficient (Wildman–Crippen LogP) is 1.42. The topological polar surface area (TPSA) is 88.1 Å². The molecule has 0 bridgehead atoms. The van der Waals surface area contributed by atoms with Gasteiger partial charge in [0.25, 0.3) is 0 Å². The second-order valence-electron chi connectivity index (χ2n) is 6.08. The summed E-state index contributed by atoms with van der Waals surface area (Å²) in [6, 6.07) is 5.69. The van der Waals surface area contributed by atoms with E-state index in [-0.39, 0.29) is 17.5 Å². The van der Waals surface area contributed by atoms with Gasteiger partial charge in [0.15, 0.2) is 9.84 Å². The van der Waals surface area contributed by atoms with Gasteiger partial charge in [-0.15, -0.1) is 0 Å². The molecule has 0 aromatic carbocycles. The number of rotatable bonds is 5. The number of nitrogens with zero attached hydrogens (tertiary/aromatic N) is 4. The van der Waals surface area contributed by atoms with Crippen LogP contribution in [0.2, 0.25) is 0 Å². The number of pyridine rings is 1. The standard InChI is InChI=1S/C16H21N5O2S/c1-12-8-15(18-10-13-4-3-6-17-9-13)20-16(19-12)21(2)14-5-7-24(22,23)11-14/h3-4,6,8-9,14H,5,7,10-11H2,1-2H3,(H,18,19,20). The number of aryl methyl sites for hydroxylation is 1. The number of anilines is 2. The Morgan fingerprint density at radius 1 is 1.38 bits per heavy atom. The van der Waals surface area contributed by atoms with Crippen LogP contribution in [0.25, 0.3) is 0 Å². The SMILES string of the molecule is Cc1cc(NCc2cccnc2)nc(N(C)C2CCS(=O)(=O)C2)n1. The highest BCUT2D eigenvalue weighted by atomic mass is 32.2. The quantitative estimate of drug-likeness (QED) is 0.875. The summed E-state index contributed by atoms with van der Waals surface area (Å²) in [5, 5.41) is 3.27. The molecule has 24 heavy (non-hydrogen) atoms. The molecule has 1 atom stereocenters. The number of hydrogen-bond donors (Lipinski definition) is 1. The molecule has 3 heterocycles. The maximum Gasteiger partial charge on any atom is 0.227 e. The lowest BCUT2D eigenvalue weighted by molar-refractivity contribution is 0.600. The first-order valence-electron chi connectivity index (χ1n) is 7.85. The van der Waals surface area contributed by atoms with Gasteiger partial charge >= 0.3 is 0 Å². The fourth-order valence-corrected chi connectivity index (χ4v) is 4.52. The number of nitrogens with one attached hydrogen (secondary N) is 1. The van der Waals surface area contributed by atoms with Gasteiger partial charge < -0.3 is 10.2 Å². The van der Waals surface area contributed by atoms with Crippen molar-refractivity contribution in [3.05, 3.63) is 41.9 Å². The molecule has 1 fully saturated rings. The lowest BCUT2D eigenvalue weighted by atomic mass is 10.2. The summed E-state index contributed by atoms with van der Waals surface area (Å²) in [5.41, 5.74) is 1.90. The zero-order chi connectivity index (χ0) is 17.2. The van der Waals surface area contributed by atoms with E-state index in [1.807, 2.05) is 37.1 Å². The molecule has 0 saturated carbocycles. The average molecular weight is 347 g/mol. The lowest BCUT2D eigenvalue weighted by Gasteiger charge is -2.24.